The molecule has 0 heterocycles. The van der Waals surface area contributed by atoms with E-state index in [1.807, 2.05) is 20.8 Å². The van der Waals surface area contributed by atoms with E-state index >= 15 is 0 Å². The SMILES string of the molecule is CC(NC(=O)OC(C)(C)C)C(=O)NC12CC3CC(CC(C3)C1)C2. The van der Waals surface area contributed by atoms with Crippen LogP contribution in [-0.2, 0) is 9.53 Å². The zero-order chi connectivity index (χ0) is 16.8. The number of nitrogens with one attached hydrogen (secondary N) is 2. The molecule has 1 unspecified atom stereocenters. The molecule has 1 atom stereocenters. The minimum Gasteiger partial charge on any atom is -0.444 e. The maximum absolute atomic E-state index is 12.5. The second-order valence-electron chi connectivity index (χ2n) is 9.06. The molecule has 0 aromatic carbocycles. The summed E-state index contributed by atoms with van der Waals surface area (Å²) in [5, 5.41) is 5.93. The van der Waals surface area contributed by atoms with E-state index in [1.54, 1.807) is 6.92 Å². The summed E-state index contributed by atoms with van der Waals surface area (Å²) < 4.78 is 5.22. The van der Waals surface area contributed by atoms with Gasteiger partial charge in [-0.05, 0) is 84.0 Å². The summed E-state index contributed by atoms with van der Waals surface area (Å²) in [7, 11) is 0. The van der Waals surface area contributed by atoms with Gasteiger partial charge in [-0.2, -0.15) is 0 Å². The Bertz CT molecular complexity index is 460. The largest absolute Gasteiger partial charge is 0.444 e. The van der Waals surface area contributed by atoms with Crippen LogP contribution in [0.2, 0.25) is 0 Å². The number of alkyl carbamates (subject to hydrolysis) is 1. The van der Waals surface area contributed by atoms with Gasteiger partial charge >= 0.3 is 6.09 Å². The molecule has 4 rings (SSSR count). The lowest BCUT2D eigenvalue weighted by Crippen LogP contribution is -2.62. The summed E-state index contributed by atoms with van der Waals surface area (Å²) in [6.07, 6.45) is 6.85. The van der Waals surface area contributed by atoms with Crippen molar-refractivity contribution in [3.8, 4) is 0 Å². The van der Waals surface area contributed by atoms with Crippen molar-refractivity contribution in [2.45, 2.75) is 83.4 Å². The predicted molar refractivity (Wildman–Crippen MR) is 87.9 cm³/mol. The summed E-state index contributed by atoms with van der Waals surface area (Å²) in [5.74, 6) is 2.28. The highest BCUT2D eigenvalue weighted by Crippen LogP contribution is 2.55. The lowest BCUT2D eigenvalue weighted by molar-refractivity contribution is -0.128. The Hall–Kier alpha value is -1.26. The first-order valence-electron chi connectivity index (χ1n) is 8.96. The van der Waals surface area contributed by atoms with E-state index < -0.39 is 17.7 Å². The van der Waals surface area contributed by atoms with Crippen LogP contribution < -0.4 is 10.6 Å². The number of rotatable bonds is 3. The Balaban J connectivity index is 1.55. The van der Waals surface area contributed by atoms with Gasteiger partial charge in [0.05, 0.1) is 0 Å². The summed E-state index contributed by atoms with van der Waals surface area (Å²) in [6, 6.07) is -0.571. The van der Waals surface area contributed by atoms with E-state index in [0.29, 0.717) is 0 Å². The van der Waals surface area contributed by atoms with Crippen LogP contribution >= 0.6 is 0 Å². The first-order valence-corrected chi connectivity index (χ1v) is 8.96. The first kappa shape index (κ1) is 16.6. The topological polar surface area (TPSA) is 67.4 Å². The molecule has 2 amide bonds. The zero-order valence-electron chi connectivity index (χ0n) is 14.8. The highest BCUT2D eigenvalue weighted by Gasteiger charge is 2.51. The third kappa shape index (κ3) is 3.81. The lowest BCUT2D eigenvalue weighted by Gasteiger charge is -2.57. The van der Waals surface area contributed by atoms with Crippen LogP contribution in [0.4, 0.5) is 4.79 Å². The molecular weight excluding hydrogens is 292 g/mol. The van der Waals surface area contributed by atoms with Crippen molar-refractivity contribution in [3.05, 3.63) is 0 Å². The lowest BCUT2D eigenvalue weighted by atomic mass is 9.53. The van der Waals surface area contributed by atoms with Crippen molar-refractivity contribution >= 4 is 12.0 Å². The van der Waals surface area contributed by atoms with Crippen molar-refractivity contribution in [1.82, 2.24) is 10.6 Å². The van der Waals surface area contributed by atoms with Crippen molar-refractivity contribution < 1.29 is 14.3 Å². The monoisotopic (exact) mass is 322 g/mol. The van der Waals surface area contributed by atoms with Crippen LogP contribution in [0.3, 0.4) is 0 Å². The molecule has 4 saturated carbocycles. The number of carbonyl (C=O) groups excluding carboxylic acids is 2. The van der Waals surface area contributed by atoms with Crippen LogP contribution in [-0.4, -0.2) is 29.2 Å². The van der Waals surface area contributed by atoms with Gasteiger partial charge in [0.1, 0.15) is 11.6 Å². The molecule has 4 fully saturated rings. The molecule has 130 valence electrons. The van der Waals surface area contributed by atoms with E-state index in [0.717, 1.165) is 37.0 Å². The molecule has 5 heteroatoms. The van der Waals surface area contributed by atoms with E-state index in [4.69, 9.17) is 4.74 Å². The van der Waals surface area contributed by atoms with Gasteiger partial charge in [-0.15, -0.1) is 0 Å². The molecule has 0 aromatic rings. The molecule has 4 bridgehead atoms. The van der Waals surface area contributed by atoms with Gasteiger partial charge in [0, 0.05) is 5.54 Å². The summed E-state index contributed by atoms with van der Waals surface area (Å²) in [6.45, 7) is 7.16. The van der Waals surface area contributed by atoms with Crippen LogP contribution in [0.15, 0.2) is 0 Å². The van der Waals surface area contributed by atoms with Gasteiger partial charge in [0.2, 0.25) is 5.91 Å². The fourth-order valence-corrected chi connectivity index (χ4v) is 5.18. The normalized spacial score (nSPS) is 36.4. The molecule has 2 N–H and O–H groups in total. The molecule has 23 heavy (non-hydrogen) atoms. The van der Waals surface area contributed by atoms with Crippen molar-refractivity contribution in [3.63, 3.8) is 0 Å². The van der Waals surface area contributed by atoms with E-state index in [9.17, 15) is 9.59 Å². The second kappa shape index (κ2) is 5.67. The van der Waals surface area contributed by atoms with Crippen molar-refractivity contribution in [2.75, 3.05) is 0 Å². The minimum atomic E-state index is -0.571. The molecule has 5 nitrogen and oxygen atoms in total. The fraction of sp³-hybridized carbons (Fsp3) is 0.889. The molecule has 0 spiro atoms. The Labute approximate surface area is 138 Å². The zero-order valence-corrected chi connectivity index (χ0v) is 14.8. The second-order valence-corrected chi connectivity index (χ2v) is 9.06. The highest BCUT2D eigenvalue weighted by molar-refractivity contribution is 5.85. The number of ether oxygens (including phenoxy) is 1. The summed E-state index contributed by atoms with van der Waals surface area (Å²) in [5.41, 5.74) is -0.574. The van der Waals surface area contributed by atoms with Gasteiger partial charge in [0.25, 0.3) is 0 Å². The van der Waals surface area contributed by atoms with E-state index in [1.165, 1.54) is 19.3 Å². The maximum Gasteiger partial charge on any atom is 0.408 e. The van der Waals surface area contributed by atoms with Crippen molar-refractivity contribution in [1.29, 1.82) is 0 Å². The quantitative estimate of drug-likeness (QED) is 0.839. The van der Waals surface area contributed by atoms with Crippen LogP contribution in [0, 0.1) is 17.8 Å². The first-order chi connectivity index (χ1) is 10.6. The molecule has 4 aliphatic rings. The molecule has 0 aromatic heterocycles. The fourth-order valence-electron chi connectivity index (χ4n) is 5.18. The highest BCUT2D eigenvalue weighted by atomic mass is 16.6. The molecule has 0 aliphatic heterocycles. The van der Waals surface area contributed by atoms with Crippen molar-refractivity contribution in [2.24, 2.45) is 17.8 Å². The number of hydrogen-bond acceptors (Lipinski definition) is 3. The average Bonchev–Trinajstić information content (AvgIpc) is 2.33. The van der Waals surface area contributed by atoms with Crippen LogP contribution in [0.5, 0.6) is 0 Å². The minimum absolute atomic E-state index is 0.0181. The standard InChI is InChI=1S/C18H30N2O3/c1-11(19-16(22)23-17(2,3)4)15(21)20-18-8-12-5-13(9-18)7-14(6-12)10-18/h11-14H,5-10H2,1-4H3,(H,19,22)(H,20,21). The smallest absolute Gasteiger partial charge is 0.408 e. The van der Waals surface area contributed by atoms with E-state index in [-0.39, 0.29) is 11.4 Å². The Morgan fingerprint density at radius 1 is 1.04 bits per heavy atom. The maximum atomic E-state index is 12.5. The summed E-state index contributed by atoms with van der Waals surface area (Å²) in [4.78, 5) is 24.4. The Morgan fingerprint density at radius 3 is 1.96 bits per heavy atom. The Kier molecular flexibility index (Phi) is 4.09. The molecular formula is C18H30N2O3. The number of amides is 2. The predicted octanol–water partition coefficient (Wildman–Crippen LogP) is 2.98. The molecule has 0 radical (unpaired) electrons. The molecule has 4 aliphatic carbocycles. The number of hydrogen-bond donors (Lipinski definition) is 2. The van der Waals surface area contributed by atoms with Gasteiger partial charge < -0.3 is 15.4 Å². The number of carbonyl (C=O) groups is 2. The third-order valence-corrected chi connectivity index (χ3v) is 5.55. The van der Waals surface area contributed by atoms with Gasteiger partial charge in [-0.3, -0.25) is 4.79 Å². The van der Waals surface area contributed by atoms with Crippen LogP contribution in [0.1, 0.15) is 66.2 Å². The van der Waals surface area contributed by atoms with Crippen LogP contribution in [0.25, 0.3) is 0 Å². The average molecular weight is 322 g/mol. The summed E-state index contributed by atoms with van der Waals surface area (Å²) >= 11 is 0. The third-order valence-electron chi connectivity index (χ3n) is 5.55. The molecule has 0 saturated heterocycles. The van der Waals surface area contributed by atoms with Gasteiger partial charge in [0.15, 0.2) is 0 Å². The Morgan fingerprint density at radius 2 is 1.52 bits per heavy atom. The van der Waals surface area contributed by atoms with Gasteiger partial charge in [-0.1, -0.05) is 0 Å². The van der Waals surface area contributed by atoms with Gasteiger partial charge in [-0.25, -0.2) is 4.79 Å². The van der Waals surface area contributed by atoms with E-state index in [2.05, 4.69) is 10.6 Å².